The normalized spacial score (nSPS) is 12.3. The molecule has 68 valence electrons. The summed E-state index contributed by atoms with van der Waals surface area (Å²) in [6.45, 7) is 6.09. The van der Waals surface area contributed by atoms with Crippen LogP contribution in [0, 0.1) is 0 Å². The summed E-state index contributed by atoms with van der Waals surface area (Å²) in [4.78, 5) is 3.85. The topological polar surface area (TPSA) is 62.4 Å². The molecule has 0 bridgehead atoms. The zero-order chi connectivity index (χ0) is 9.23. The molecule has 4 nitrogen and oxygen atoms in total. The molecular weight excluding hydrogens is 172 g/mol. The number of nitrogens with zero attached hydrogens (tertiary/aromatic N) is 1. The summed E-state index contributed by atoms with van der Waals surface area (Å²) >= 11 is 4.48. The highest BCUT2D eigenvalue weighted by atomic mass is 32.1. The SMILES string of the molecule is C1=NCCN1.C=CCNC(N)=S. The van der Waals surface area contributed by atoms with E-state index in [0.29, 0.717) is 11.7 Å². The minimum atomic E-state index is 0.319. The number of aliphatic imine (C=N–C) groups is 1. The first kappa shape index (κ1) is 10.9. The van der Waals surface area contributed by atoms with E-state index in [1.54, 1.807) is 12.4 Å². The molecule has 0 amide bonds. The highest BCUT2D eigenvalue weighted by Crippen LogP contribution is 1.68. The standard InChI is InChI=1S/C4H8N2S.C3H6N2/c1-2-3-6-4(5)7;1-2-5-3-4-1/h2H,1,3H2,(H3,5,6,7);3H,1-2H2,(H,4,5). The van der Waals surface area contributed by atoms with Crippen LogP contribution in [-0.4, -0.2) is 31.1 Å². The summed E-state index contributed by atoms with van der Waals surface area (Å²) in [7, 11) is 0. The van der Waals surface area contributed by atoms with Crippen LogP contribution in [0.1, 0.15) is 0 Å². The molecule has 1 aliphatic heterocycles. The molecule has 0 fully saturated rings. The third-order valence-electron chi connectivity index (χ3n) is 0.988. The van der Waals surface area contributed by atoms with Crippen molar-refractivity contribution in [2.75, 3.05) is 19.6 Å². The maximum Gasteiger partial charge on any atom is 0.163 e. The predicted molar refractivity (Wildman–Crippen MR) is 56.3 cm³/mol. The molecule has 0 atom stereocenters. The van der Waals surface area contributed by atoms with Gasteiger partial charge < -0.3 is 16.4 Å². The maximum absolute atomic E-state index is 5.05. The summed E-state index contributed by atoms with van der Waals surface area (Å²) in [5, 5.41) is 5.94. The number of nitrogens with two attached hydrogens (primary N) is 1. The Hall–Kier alpha value is -1.10. The lowest BCUT2D eigenvalue weighted by Crippen LogP contribution is -2.28. The molecule has 0 unspecified atom stereocenters. The van der Waals surface area contributed by atoms with E-state index in [1.165, 1.54) is 0 Å². The van der Waals surface area contributed by atoms with Crippen LogP contribution in [0.3, 0.4) is 0 Å². The Kier molecular flexibility index (Phi) is 7.27. The minimum Gasteiger partial charge on any atom is -0.376 e. The Morgan fingerprint density at radius 2 is 2.67 bits per heavy atom. The van der Waals surface area contributed by atoms with Crippen LogP contribution in [0.5, 0.6) is 0 Å². The smallest absolute Gasteiger partial charge is 0.163 e. The van der Waals surface area contributed by atoms with E-state index in [9.17, 15) is 0 Å². The van der Waals surface area contributed by atoms with Crippen LogP contribution in [0.2, 0.25) is 0 Å². The number of nitrogens with one attached hydrogen (secondary N) is 2. The number of thiocarbonyl (C=S) groups is 1. The molecule has 1 rings (SSSR count). The fraction of sp³-hybridized carbons (Fsp3) is 0.429. The van der Waals surface area contributed by atoms with Gasteiger partial charge in [0.25, 0.3) is 0 Å². The van der Waals surface area contributed by atoms with Gasteiger partial charge in [0.15, 0.2) is 5.11 Å². The van der Waals surface area contributed by atoms with E-state index in [-0.39, 0.29) is 0 Å². The second kappa shape index (κ2) is 8.00. The monoisotopic (exact) mass is 186 g/mol. The maximum atomic E-state index is 5.05. The van der Waals surface area contributed by atoms with E-state index < -0.39 is 0 Å². The third kappa shape index (κ3) is 8.90. The van der Waals surface area contributed by atoms with Crippen LogP contribution in [0.25, 0.3) is 0 Å². The molecule has 5 heteroatoms. The zero-order valence-corrected chi connectivity index (χ0v) is 7.73. The summed E-state index contributed by atoms with van der Waals surface area (Å²) < 4.78 is 0. The van der Waals surface area contributed by atoms with Gasteiger partial charge in [-0.2, -0.15) is 0 Å². The lowest BCUT2D eigenvalue weighted by molar-refractivity contribution is 0.965. The minimum absolute atomic E-state index is 0.319. The summed E-state index contributed by atoms with van der Waals surface area (Å²) in [6, 6.07) is 0. The van der Waals surface area contributed by atoms with Gasteiger partial charge in [-0.15, -0.1) is 6.58 Å². The molecule has 0 aromatic heterocycles. The summed E-state index contributed by atoms with van der Waals surface area (Å²) in [6.07, 6.45) is 3.43. The molecule has 0 saturated heterocycles. The molecule has 0 aliphatic carbocycles. The van der Waals surface area contributed by atoms with Gasteiger partial charge in [0.05, 0.1) is 12.9 Å². The molecule has 0 spiro atoms. The average Bonchev–Trinajstić information content (AvgIpc) is 2.57. The van der Waals surface area contributed by atoms with E-state index >= 15 is 0 Å². The van der Waals surface area contributed by atoms with Crippen molar-refractivity contribution in [3.8, 4) is 0 Å². The zero-order valence-electron chi connectivity index (χ0n) is 6.92. The molecule has 4 N–H and O–H groups in total. The van der Waals surface area contributed by atoms with Crippen molar-refractivity contribution in [1.82, 2.24) is 10.6 Å². The second-order valence-corrected chi connectivity index (χ2v) is 2.46. The molecule has 1 aliphatic rings. The van der Waals surface area contributed by atoms with E-state index in [1.807, 2.05) is 0 Å². The first-order valence-electron chi connectivity index (χ1n) is 3.63. The van der Waals surface area contributed by atoms with Gasteiger partial charge in [0, 0.05) is 13.1 Å². The molecule has 12 heavy (non-hydrogen) atoms. The Morgan fingerprint density at radius 3 is 2.83 bits per heavy atom. The van der Waals surface area contributed by atoms with Gasteiger partial charge in [-0.1, -0.05) is 6.08 Å². The van der Waals surface area contributed by atoms with E-state index in [4.69, 9.17) is 5.73 Å². The Bertz CT molecular complexity index is 161. The second-order valence-electron chi connectivity index (χ2n) is 2.02. The molecule has 0 aromatic rings. The van der Waals surface area contributed by atoms with E-state index in [2.05, 4.69) is 34.4 Å². The lowest BCUT2D eigenvalue weighted by atomic mass is 10.6. The van der Waals surface area contributed by atoms with Gasteiger partial charge in [-0.25, -0.2) is 0 Å². The quantitative estimate of drug-likeness (QED) is 0.406. The molecule has 0 radical (unpaired) electrons. The largest absolute Gasteiger partial charge is 0.376 e. The number of hydrogen-bond acceptors (Lipinski definition) is 3. The Labute approximate surface area is 77.9 Å². The first-order valence-corrected chi connectivity index (χ1v) is 4.04. The Balaban J connectivity index is 0.000000211. The fourth-order valence-corrected chi connectivity index (χ4v) is 0.579. The Morgan fingerprint density at radius 1 is 1.92 bits per heavy atom. The van der Waals surface area contributed by atoms with Crippen LogP contribution >= 0.6 is 12.2 Å². The summed E-state index contributed by atoms with van der Waals surface area (Å²) in [5.41, 5.74) is 5.05. The predicted octanol–water partition coefficient (Wildman–Crippen LogP) is -0.376. The summed E-state index contributed by atoms with van der Waals surface area (Å²) in [5.74, 6) is 0. The van der Waals surface area contributed by atoms with Crippen LogP contribution in [-0.2, 0) is 0 Å². The lowest BCUT2D eigenvalue weighted by Gasteiger charge is -1.94. The van der Waals surface area contributed by atoms with Crippen molar-refractivity contribution in [2.45, 2.75) is 0 Å². The molecular formula is C7H14N4S. The third-order valence-corrected chi connectivity index (χ3v) is 1.13. The first-order chi connectivity index (χ1) is 5.77. The van der Waals surface area contributed by atoms with Gasteiger partial charge >= 0.3 is 0 Å². The van der Waals surface area contributed by atoms with Gasteiger partial charge in [-0.05, 0) is 12.2 Å². The van der Waals surface area contributed by atoms with Gasteiger partial charge in [0.1, 0.15) is 0 Å². The van der Waals surface area contributed by atoms with Crippen LogP contribution < -0.4 is 16.4 Å². The number of rotatable bonds is 2. The fourth-order valence-electron chi connectivity index (χ4n) is 0.496. The van der Waals surface area contributed by atoms with Crippen molar-refractivity contribution in [3.63, 3.8) is 0 Å². The molecule has 0 aromatic carbocycles. The van der Waals surface area contributed by atoms with Crippen molar-refractivity contribution in [1.29, 1.82) is 0 Å². The van der Waals surface area contributed by atoms with Crippen molar-refractivity contribution in [3.05, 3.63) is 12.7 Å². The van der Waals surface area contributed by atoms with Crippen molar-refractivity contribution in [2.24, 2.45) is 10.7 Å². The van der Waals surface area contributed by atoms with Gasteiger partial charge in [-0.3, -0.25) is 4.99 Å². The highest BCUT2D eigenvalue weighted by Gasteiger charge is 1.82. The van der Waals surface area contributed by atoms with Crippen LogP contribution in [0.15, 0.2) is 17.6 Å². The van der Waals surface area contributed by atoms with Crippen LogP contribution in [0.4, 0.5) is 0 Å². The number of hydrogen-bond donors (Lipinski definition) is 3. The highest BCUT2D eigenvalue weighted by molar-refractivity contribution is 7.80. The van der Waals surface area contributed by atoms with Crippen molar-refractivity contribution < 1.29 is 0 Å². The molecule has 1 heterocycles. The van der Waals surface area contributed by atoms with Gasteiger partial charge in [0.2, 0.25) is 0 Å². The van der Waals surface area contributed by atoms with E-state index in [0.717, 1.165) is 13.1 Å². The average molecular weight is 186 g/mol. The van der Waals surface area contributed by atoms with Crippen molar-refractivity contribution >= 4 is 23.7 Å². The molecule has 0 saturated carbocycles.